The van der Waals surface area contributed by atoms with Crippen molar-refractivity contribution in [1.82, 2.24) is 0 Å². The van der Waals surface area contributed by atoms with Crippen molar-refractivity contribution in [1.29, 1.82) is 0 Å². The van der Waals surface area contributed by atoms with Gasteiger partial charge in [0.05, 0.1) is 7.11 Å². The number of methoxy groups -OCH3 is 1. The summed E-state index contributed by atoms with van der Waals surface area (Å²) in [4.78, 5) is 24.7. The fourth-order valence-electron chi connectivity index (χ4n) is 2.54. The number of hydrogen-bond acceptors (Lipinski definition) is 7. The van der Waals surface area contributed by atoms with E-state index in [-0.39, 0.29) is 18.1 Å². The number of amides is 1. The van der Waals surface area contributed by atoms with Gasteiger partial charge < -0.3 is 29.0 Å². The van der Waals surface area contributed by atoms with Crippen LogP contribution in [0.1, 0.15) is 17.3 Å². The molecule has 0 bridgehead atoms. The number of hydrogen-bond donors (Lipinski definition) is 1. The highest BCUT2D eigenvalue weighted by Gasteiger charge is 2.25. The van der Waals surface area contributed by atoms with Crippen molar-refractivity contribution in [3.8, 4) is 23.0 Å². The van der Waals surface area contributed by atoms with Gasteiger partial charge in [-0.2, -0.15) is 8.78 Å². The number of nitrogens with one attached hydrogen (secondary N) is 1. The normalized spacial score (nSPS) is 13.0. The topological polar surface area (TPSA) is 92.3 Å². The summed E-state index contributed by atoms with van der Waals surface area (Å²) < 4.78 is 50.2. The standard InChI is InChI=1S/C19H17F2NO7/c1-10(17(23)22-11-6-7-13-15(8-11)27-9-26-13)28-18(24)12-4-3-5-14(25-2)16(12)29-19(20)21/h3-8,10,19H,9H2,1-2H3,(H,22,23). The SMILES string of the molecule is COc1cccc(C(=O)OC(C)C(=O)Nc2ccc3c(c2)OCO3)c1OC(F)F. The third-order valence-corrected chi connectivity index (χ3v) is 3.92. The molecule has 1 N–H and O–H groups in total. The third kappa shape index (κ3) is 4.65. The van der Waals surface area contributed by atoms with Gasteiger partial charge in [0.15, 0.2) is 29.1 Å². The van der Waals surface area contributed by atoms with Gasteiger partial charge in [-0.15, -0.1) is 0 Å². The summed E-state index contributed by atoms with van der Waals surface area (Å²) in [7, 11) is 1.24. The Morgan fingerprint density at radius 1 is 1.14 bits per heavy atom. The summed E-state index contributed by atoms with van der Waals surface area (Å²) in [6, 6.07) is 8.77. The molecule has 1 atom stereocenters. The number of anilines is 1. The predicted octanol–water partition coefficient (Wildman–Crippen LogP) is 3.21. The van der Waals surface area contributed by atoms with Crippen LogP contribution in [0.5, 0.6) is 23.0 Å². The number of alkyl halides is 2. The first-order valence-electron chi connectivity index (χ1n) is 8.42. The smallest absolute Gasteiger partial charge is 0.387 e. The fraction of sp³-hybridized carbons (Fsp3) is 0.263. The fourth-order valence-corrected chi connectivity index (χ4v) is 2.54. The van der Waals surface area contributed by atoms with Crippen LogP contribution < -0.4 is 24.3 Å². The molecule has 0 fully saturated rings. The van der Waals surface area contributed by atoms with Crippen molar-refractivity contribution in [3.05, 3.63) is 42.0 Å². The molecule has 2 aromatic carbocycles. The molecule has 1 unspecified atom stereocenters. The van der Waals surface area contributed by atoms with Gasteiger partial charge in [0, 0.05) is 11.8 Å². The van der Waals surface area contributed by atoms with Gasteiger partial charge in [0.2, 0.25) is 6.79 Å². The molecule has 0 radical (unpaired) electrons. The van der Waals surface area contributed by atoms with E-state index in [0.29, 0.717) is 17.2 Å². The summed E-state index contributed by atoms with van der Waals surface area (Å²) in [5.41, 5.74) is 0.109. The van der Waals surface area contributed by atoms with E-state index < -0.39 is 30.3 Å². The Balaban J connectivity index is 1.69. The Morgan fingerprint density at radius 3 is 2.62 bits per heavy atom. The maximum absolute atomic E-state index is 12.7. The lowest BCUT2D eigenvalue weighted by molar-refractivity contribution is -0.123. The minimum Gasteiger partial charge on any atom is -0.493 e. The van der Waals surface area contributed by atoms with Gasteiger partial charge in [-0.05, 0) is 31.2 Å². The van der Waals surface area contributed by atoms with E-state index in [4.69, 9.17) is 18.9 Å². The molecular weight excluding hydrogens is 392 g/mol. The monoisotopic (exact) mass is 409 g/mol. The van der Waals surface area contributed by atoms with E-state index in [0.717, 1.165) is 0 Å². The number of fused-ring (bicyclic) bond motifs is 1. The van der Waals surface area contributed by atoms with Crippen LogP contribution in [0.4, 0.5) is 14.5 Å². The average molecular weight is 409 g/mol. The van der Waals surface area contributed by atoms with Crippen molar-refractivity contribution >= 4 is 17.6 Å². The number of carbonyl (C=O) groups excluding carboxylic acids is 2. The largest absolute Gasteiger partial charge is 0.493 e. The van der Waals surface area contributed by atoms with Gasteiger partial charge in [-0.3, -0.25) is 4.79 Å². The van der Waals surface area contributed by atoms with E-state index in [1.165, 1.54) is 32.2 Å². The first-order chi connectivity index (χ1) is 13.9. The average Bonchev–Trinajstić information content (AvgIpc) is 3.15. The first kappa shape index (κ1) is 20.2. The van der Waals surface area contributed by atoms with Gasteiger partial charge in [0.25, 0.3) is 5.91 Å². The van der Waals surface area contributed by atoms with Crippen LogP contribution in [0.25, 0.3) is 0 Å². The van der Waals surface area contributed by atoms with Crippen molar-refractivity contribution in [2.24, 2.45) is 0 Å². The number of carbonyl (C=O) groups is 2. The van der Waals surface area contributed by atoms with Crippen molar-refractivity contribution in [2.75, 3.05) is 19.2 Å². The second kappa shape index (κ2) is 8.63. The zero-order valence-corrected chi connectivity index (χ0v) is 15.4. The molecule has 0 aromatic heterocycles. The molecule has 1 aliphatic heterocycles. The zero-order valence-electron chi connectivity index (χ0n) is 15.4. The Kier molecular flexibility index (Phi) is 6.01. The Morgan fingerprint density at radius 2 is 1.90 bits per heavy atom. The lowest BCUT2D eigenvalue weighted by atomic mass is 10.2. The number of ether oxygens (including phenoxy) is 5. The third-order valence-electron chi connectivity index (χ3n) is 3.92. The quantitative estimate of drug-likeness (QED) is 0.702. The molecule has 0 aliphatic carbocycles. The van der Waals surface area contributed by atoms with Crippen LogP contribution in [0.3, 0.4) is 0 Å². The highest BCUT2D eigenvalue weighted by atomic mass is 19.3. The maximum Gasteiger partial charge on any atom is 0.387 e. The van der Waals surface area contributed by atoms with E-state index >= 15 is 0 Å². The van der Waals surface area contributed by atoms with Gasteiger partial charge in [0.1, 0.15) is 5.56 Å². The molecule has 0 spiro atoms. The highest BCUT2D eigenvalue weighted by Crippen LogP contribution is 2.35. The number of para-hydroxylation sites is 1. The number of halogens is 2. The molecule has 1 amide bonds. The maximum atomic E-state index is 12.7. The summed E-state index contributed by atoms with van der Waals surface area (Å²) in [6.45, 7) is -1.75. The summed E-state index contributed by atoms with van der Waals surface area (Å²) in [5.74, 6) is -1.18. The second-order valence-electron chi connectivity index (χ2n) is 5.82. The van der Waals surface area contributed by atoms with Crippen LogP contribution in [0, 0.1) is 0 Å². The van der Waals surface area contributed by atoms with E-state index in [1.54, 1.807) is 18.2 Å². The van der Waals surface area contributed by atoms with Crippen molar-refractivity contribution in [3.63, 3.8) is 0 Å². The molecule has 8 nitrogen and oxygen atoms in total. The van der Waals surface area contributed by atoms with Crippen LogP contribution in [-0.4, -0.2) is 38.5 Å². The highest BCUT2D eigenvalue weighted by molar-refractivity contribution is 5.98. The van der Waals surface area contributed by atoms with Crippen LogP contribution in [0.2, 0.25) is 0 Å². The molecular formula is C19H17F2NO7. The molecule has 0 saturated heterocycles. The first-order valence-corrected chi connectivity index (χ1v) is 8.42. The minimum atomic E-state index is -3.18. The van der Waals surface area contributed by atoms with E-state index in [9.17, 15) is 18.4 Å². The Labute approximate surface area is 164 Å². The van der Waals surface area contributed by atoms with Crippen LogP contribution in [0.15, 0.2) is 36.4 Å². The summed E-state index contributed by atoms with van der Waals surface area (Å²) >= 11 is 0. The minimum absolute atomic E-state index is 0.0720. The summed E-state index contributed by atoms with van der Waals surface area (Å²) in [5, 5.41) is 2.57. The molecule has 10 heteroatoms. The van der Waals surface area contributed by atoms with Crippen LogP contribution >= 0.6 is 0 Å². The predicted molar refractivity (Wildman–Crippen MR) is 95.7 cm³/mol. The Hall–Kier alpha value is -3.56. The van der Waals surface area contributed by atoms with Gasteiger partial charge >= 0.3 is 12.6 Å². The van der Waals surface area contributed by atoms with Crippen LogP contribution in [-0.2, 0) is 9.53 Å². The van der Waals surface area contributed by atoms with Crippen molar-refractivity contribution in [2.45, 2.75) is 19.6 Å². The number of benzene rings is 2. The Bertz CT molecular complexity index is 919. The van der Waals surface area contributed by atoms with Gasteiger partial charge in [-0.25, -0.2) is 4.79 Å². The molecule has 1 heterocycles. The van der Waals surface area contributed by atoms with Gasteiger partial charge in [-0.1, -0.05) is 6.07 Å². The van der Waals surface area contributed by atoms with E-state index in [1.807, 2.05) is 0 Å². The molecule has 29 heavy (non-hydrogen) atoms. The summed E-state index contributed by atoms with van der Waals surface area (Å²) in [6.07, 6.45) is -1.22. The molecule has 1 aliphatic rings. The zero-order chi connectivity index (χ0) is 21.0. The number of esters is 1. The molecule has 154 valence electrons. The molecule has 3 rings (SSSR count). The lowest BCUT2D eigenvalue weighted by Crippen LogP contribution is -2.30. The second-order valence-corrected chi connectivity index (χ2v) is 5.82. The lowest BCUT2D eigenvalue weighted by Gasteiger charge is -2.16. The number of rotatable bonds is 7. The molecule has 0 saturated carbocycles. The van der Waals surface area contributed by atoms with E-state index in [2.05, 4.69) is 10.1 Å². The molecule has 2 aromatic rings. The van der Waals surface area contributed by atoms with Crippen molar-refractivity contribution < 1.29 is 42.1 Å².